The van der Waals surface area contributed by atoms with Gasteiger partial charge in [-0.2, -0.15) is 0 Å². The molecule has 0 saturated carbocycles. The zero-order valence-corrected chi connectivity index (χ0v) is 13.9. The van der Waals surface area contributed by atoms with E-state index in [9.17, 15) is 0 Å². The first-order valence-electron chi connectivity index (χ1n) is 8.08. The number of rotatable bonds is 4. The molecule has 0 aliphatic carbocycles. The number of hydrogen-bond acceptors (Lipinski definition) is 3. The molecule has 6 N–H and O–H groups in total. The second-order valence-electron chi connectivity index (χ2n) is 5.82. The maximum Gasteiger partial charge on any atom is 0.0408 e. The van der Waals surface area contributed by atoms with Gasteiger partial charge in [-0.25, -0.2) is 0 Å². The van der Waals surface area contributed by atoms with Crippen LogP contribution in [0.1, 0.15) is 22.3 Å². The molecule has 0 aliphatic heterocycles. The van der Waals surface area contributed by atoms with Crippen molar-refractivity contribution in [3.63, 3.8) is 0 Å². The van der Waals surface area contributed by atoms with Crippen LogP contribution in [0, 0.1) is 0 Å². The summed E-state index contributed by atoms with van der Waals surface area (Å²) < 4.78 is 0. The first kappa shape index (κ1) is 16.4. The van der Waals surface area contributed by atoms with E-state index >= 15 is 0 Å². The van der Waals surface area contributed by atoms with Crippen molar-refractivity contribution in [1.29, 1.82) is 0 Å². The zero-order chi connectivity index (χ0) is 17.6. The van der Waals surface area contributed by atoms with Gasteiger partial charge in [0.05, 0.1) is 0 Å². The standard InChI is InChI=1S/C22H21N3/c23-20-9-5-4-8-17(20)12-13-19-14-18(21(24)15-22(19)25)11-10-16-6-2-1-3-7-16/h1-15H,23-25H2/b11-10+,13-12?. The number of nitrogen functional groups attached to an aromatic ring is 3. The monoisotopic (exact) mass is 327 g/mol. The average Bonchev–Trinajstić information content (AvgIpc) is 2.62. The second kappa shape index (κ2) is 7.41. The van der Waals surface area contributed by atoms with E-state index in [1.165, 1.54) is 0 Å². The molecule has 124 valence electrons. The third kappa shape index (κ3) is 4.09. The minimum atomic E-state index is 0.639. The molecular weight excluding hydrogens is 306 g/mol. The van der Waals surface area contributed by atoms with Crippen molar-refractivity contribution in [3.05, 3.63) is 89.0 Å². The molecule has 0 atom stereocenters. The number of hydrogen-bond donors (Lipinski definition) is 3. The van der Waals surface area contributed by atoms with Gasteiger partial charge >= 0.3 is 0 Å². The third-order valence-electron chi connectivity index (χ3n) is 3.98. The summed E-state index contributed by atoms with van der Waals surface area (Å²) in [6.45, 7) is 0. The summed E-state index contributed by atoms with van der Waals surface area (Å²) in [5, 5.41) is 0. The SMILES string of the molecule is Nc1ccccc1C=Cc1cc(/C=C/c2ccccc2)c(N)cc1N. The molecule has 0 spiro atoms. The van der Waals surface area contributed by atoms with Gasteiger partial charge in [0.25, 0.3) is 0 Å². The van der Waals surface area contributed by atoms with E-state index in [0.29, 0.717) is 11.4 Å². The molecule has 0 amide bonds. The number of anilines is 3. The predicted molar refractivity (Wildman–Crippen MR) is 110 cm³/mol. The highest BCUT2D eigenvalue weighted by Crippen LogP contribution is 2.25. The molecule has 0 radical (unpaired) electrons. The lowest BCUT2D eigenvalue weighted by molar-refractivity contribution is 1.59. The molecule has 3 aromatic rings. The van der Waals surface area contributed by atoms with E-state index in [-0.39, 0.29) is 0 Å². The van der Waals surface area contributed by atoms with E-state index in [4.69, 9.17) is 17.2 Å². The molecule has 0 heterocycles. The minimum absolute atomic E-state index is 0.639. The summed E-state index contributed by atoms with van der Waals surface area (Å²) in [7, 11) is 0. The summed E-state index contributed by atoms with van der Waals surface area (Å²) in [5.41, 5.74) is 24.1. The van der Waals surface area contributed by atoms with Crippen molar-refractivity contribution in [2.45, 2.75) is 0 Å². The molecule has 0 fully saturated rings. The molecule has 25 heavy (non-hydrogen) atoms. The van der Waals surface area contributed by atoms with Gasteiger partial charge in [-0.3, -0.25) is 0 Å². The van der Waals surface area contributed by atoms with Gasteiger partial charge in [0.1, 0.15) is 0 Å². The van der Waals surface area contributed by atoms with Crippen LogP contribution in [0.4, 0.5) is 17.1 Å². The number of nitrogens with two attached hydrogens (primary N) is 3. The van der Waals surface area contributed by atoms with Gasteiger partial charge in [-0.1, -0.05) is 72.8 Å². The van der Waals surface area contributed by atoms with E-state index in [0.717, 1.165) is 27.9 Å². The Labute approximate surface area is 148 Å². The van der Waals surface area contributed by atoms with Crippen LogP contribution in [0.2, 0.25) is 0 Å². The Balaban J connectivity index is 1.91. The normalized spacial score (nSPS) is 11.4. The van der Waals surface area contributed by atoms with Crippen molar-refractivity contribution in [3.8, 4) is 0 Å². The number of para-hydroxylation sites is 1. The first-order chi connectivity index (χ1) is 12.1. The van der Waals surface area contributed by atoms with Crippen LogP contribution >= 0.6 is 0 Å². The molecule has 0 unspecified atom stereocenters. The van der Waals surface area contributed by atoms with Gasteiger partial charge in [0, 0.05) is 17.1 Å². The van der Waals surface area contributed by atoms with Gasteiger partial charge < -0.3 is 17.2 Å². The quantitative estimate of drug-likeness (QED) is 0.477. The smallest absolute Gasteiger partial charge is 0.0408 e. The fourth-order valence-corrected chi connectivity index (χ4v) is 2.55. The zero-order valence-electron chi connectivity index (χ0n) is 13.9. The van der Waals surface area contributed by atoms with E-state index in [1.807, 2.05) is 85.0 Å². The maximum absolute atomic E-state index is 6.11. The summed E-state index contributed by atoms with van der Waals surface area (Å²) in [5.74, 6) is 0. The van der Waals surface area contributed by atoms with Gasteiger partial charge in [-0.15, -0.1) is 0 Å². The molecule has 3 aromatic carbocycles. The molecule has 0 aromatic heterocycles. The Kier molecular flexibility index (Phi) is 4.86. The summed E-state index contributed by atoms with van der Waals surface area (Å²) in [4.78, 5) is 0. The third-order valence-corrected chi connectivity index (χ3v) is 3.98. The Morgan fingerprint density at radius 1 is 0.480 bits per heavy atom. The van der Waals surface area contributed by atoms with Crippen LogP contribution in [0.3, 0.4) is 0 Å². The molecule has 0 aliphatic rings. The van der Waals surface area contributed by atoms with Gasteiger partial charge in [-0.05, 0) is 40.5 Å². The Bertz CT molecular complexity index is 925. The summed E-state index contributed by atoms with van der Waals surface area (Å²) >= 11 is 0. The average molecular weight is 327 g/mol. The highest BCUT2D eigenvalue weighted by Gasteiger charge is 2.02. The van der Waals surface area contributed by atoms with Crippen molar-refractivity contribution in [2.75, 3.05) is 17.2 Å². The van der Waals surface area contributed by atoms with Crippen LogP contribution in [-0.4, -0.2) is 0 Å². The molecule has 3 nitrogen and oxygen atoms in total. The lowest BCUT2D eigenvalue weighted by atomic mass is 10.0. The highest BCUT2D eigenvalue weighted by molar-refractivity contribution is 5.85. The number of benzene rings is 3. The summed E-state index contributed by atoms with van der Waals surface area (Å²) in [6, 6.07) is 21.6. The lowest BCUT2D eigenvalue weighted by Gasteiger charge is -2.07. The fourth-order valence-electron chi connectivity index (χ4n) is 2.55. The van der Waals surface area contributed by atoms with Crippen molar-refractivity contribution < 1.29 is 0 Å². The van der Waals surface area contributed by atoms with E-state index < -0.39 is 0 Å². The first-order valence-corrected chi connectivity index (χ1v) is 8.08. The topological polar surface area (TPSA) is 78.1 Å². The van der Waals surface area contributed by atoms with Crippen molar-refractivity contribution >= 4 is 41.4 Å². The van der Waals surface area contributed by atoms with Crippen LogP contribution in [0.25, 0.3) is 24.3 Å². The van der Waals surface area contributed by atoms with Crippen LogP contribution in [0.5, 0.6) is 0 Å². The predicted octanol–water partition coefficient (Wildman–Crippen LogP) is 4.77. The molecule has 3 heteroatoms. The maximum atomic E-state index is 6.11. The second-order valence-corrected chi connectivity index (χ2v) is 5.82. The van der Waals surface area contributed by atoms with Crippen molar-refractivity contribution in [1.82, 2.24) is 0 Å². The van der Waals surface area contributed by atoms with Crippen LogP contribution < -0.4 is 17.2 Å². The molecule has 0 saturated heterocycles. The van der Waals surface area contributed by atoms with Crippen LogP contribution in [-0.2, 0) is 0 Å². The minimum Gasteiger partial charge on any atom is -0.398 e. The van der Waals surface area contributed by atoms with Gasteiger partial charge in [0.15, 0.2) is 0 Å². The van der Waals surface area contributed by atoms with Gasteiger partial charge in [0.2, 0.25) is 0 Å². The molecular formula is C22H21N3. The van der Waals surface area contributed by atoms with E-state index in [1.54, 1.807) is 6.07 Å². The Morgan fingerprint density at radius 2 is 1.04 bits per heavy atom. The van der Waals surface area contributed by atoms with Crippen molar-refractivity contribution in [2.24, 2.45) is 0 Å². The summed E-state index contributed by atoms with van der Waals surface area (Å²) in [6.07, 6.45) is 7.95. The largest absolute Gasteiger partial charge is 0.398 e. The molecule has 3 rings (SSSR count). The Hall–Kier alpha value is -3.46. The Morgan fingerprint density at radius 3 is 1.72 bits per heavy atom. The van der Waals surface area contributed by atoms with Crippen LogP contribution in [0.15, 0.2) is 66.7 Å². The molecule has 0 bridgehead atoms. The lowest BCUT2D eigenvalue weighted by Crippen LogP contribution is -1.96. The fraction of sp³-hybridized carbons (Fsp3) is 0. The van der Waals surface area contributed by atoms with E-state index in [2.05, 4.69) is 0 Å². The highest BCUT2D eigenvalue weighted by atomic mass is 14.6.